The summed E-state index contributed by atoms with van der Waals surface area (Å²) in [4.78, 5) is 18.9. The number of aromatic nitrogens is 4. The van der Waals surface area contributed by atoms with E-state index in [-0.39, 0.29) is 12.6 Å². The SMILES string of the molecule is CC[C@@H]1CN(Cc2nc([C@@H](c3ccc4c(nnn4CC)c3C)C(C)(C)C(=O)O)sc2C)S(O)(O)c2ccccc2O1. The minimum Gasteiger partial charge on any atom is -0.487 e. The smallest absolute Gasteiger partial charge is 0.310 e. The van der Waals surface area contributed by atoms with Crippen LogP contribution in [0.2, 0.25) is 0 Å². The first-order chi connectivity index (χ1) is 19.4. The zero-order chi connectivity index (χ0) is 29.7. The number of carboxylic acids is 1. The molecule has 2 aromatic heterocycles. The molecule has 12 heteroatoms. The van der Waals surface area contributed by atoms with Crippen LogP contribution < -0.4 is 4.74 Å². The minimum atomic E-state index is -3.35. The van der Waals surface area contributed by atoms with Gasteiger partial charge in [-0.15, -0.1) is 27.2 Å². The van der Waals surface area contributed by atoms with Gasteiger partial charge < -0.3 is 9.84 Å². The number of hydrogen-bond donors (Lipinski definition) is 3. The summed E-state index contributed by atoms with van der Waals surface area (Å²) >= 11 is 1.44. The van der Waals surface area contributed by atoms with Crippen LogP contribution in [-0.4, -0.2) is 57.1 Å². The highest BCUT2D eigenvalue weighted by atomic mass is 32.3. The Kier molecular flexibility index (Phi) is 7.90. The number of ether oxygens (including phenoxy) is 1. The van der Waals surface area contributed by atoms with Gasteiger partial charge in [0, 0.05) is 11.4 Å². The van der Waals surface area contributed by atoms with Crippen molar-refractivity contribution in [1.82, 2.24) is 24.3 Å². The molecule has 0 amide bonds. The molecule has 0 aliphatic carbocycles. The third-order valence-electron chi connectivity index (χ3n) is 8.01. The average molecular weight is 600 g/mol. The quantitative estimate of drug-likeness (QED) is 0.208. The standard InChI is InChI=1S/C29H37N5O5S2/c1-7-19-15-33(41(37,38)24-12-10-9-11-23(24)39-19)16-21-18(4)40-27(30-21)25(29(5,6)28(35)36)20-13-14-22-26(17(20)3)31-32-34(22)8-2/h9-14,19,25,37-38H,7-8,15-16H2,1-6H3,(H,35,36)/t19-,25-/m1/s1. The zero-order valence-corrected chi connectivity index (χ0v) is 25.8. The second-order valence-corrected chi connectivity index (χ2v) is 14.2. The van der Waals surface area contributed by atoms with E-state index in [1.807, 2.05) is 50.6 Å². The molecule has 0 spiro atoms. The van der Waals surface area contributed by atoms with Crippen molar-refractivity contribution in [2.75, 3.05) is 6.54 Å². The number of aryl methyl sites for hydroxylation is 3. The minimum absolute atomic E-state index is 0.182. The molecule has 0 saturated carbocycles. The number of hydrogen-bond acceptors (Lipinski definition) is 9. The number of aliphatic carboxylic acids is 1. The molecule has 3 heterocycles. The van der Waals surface area contributed by atoms with Gasteiger partial charge in [-0.25, -0.2) is 9.67 Å². The largest absolute Gasteiger partial charge is 0.487 e. The Morgan fingerprint density at radius 1 is 1.20 bits per heavy atom. The van der Waals surface area contributed by atoms with Crippen molar-refractivity contribution >= 4 is 39.1 Å². The van der Waals surface area contributed by atoms with Gasteiger partial charge in [-0.3, -0.25) is 13.9 Å². The zero-order valence-electron chi connectivity index (χ0n) is 24.2. The molecule has 41 heavy (non-hydrogen) atoms. The van der Waals surface area contributed by atoms with Crippen molar-refractivity contribution in [3.05, 3.63) is 63.1 Å². The number of nitrogens with zero attached hydrogens (tertiary/aromatic N) is 5. The first-order valence-corrected chi connectivity index (χ1v) is 16.0. The molecule has 0 unspecified atom stereocenters. The molecule has 220 valence electrons. The van der Waals surface area contributed by atoms with Crippen LogP contribution in [0.5, 0.6) is 5.75 Å². The summed E-state index contributed by atoms with van der Waals surface area (Å²) in [6.07, 6.45) is 0.467. The fourth-order valence-corrected chi connectivity index (χ4v) is 8.24. The van der Waals surface area contributed by atoms with Crippen LogP contribution in [0.3, 0.4) is 0 Å². The maximum Gasteiger partial charge on any atom is 0.310 e. The molecular weight excluding hydrogens is 562 g/mol. The van der Waals surface area contributed by atoms with Gasteiger partial charge >= 0.3 is 5.97 Å². The molecule has 0 saturated heterocycles. The van der Waals surface area contributed by atoms with E-state index in [2.05, 4.69) is 10.3 Å². The van der Waals surface area contributed by atoms with Gasteiger partial charge in [-0.1, -0.05) is 30.3 Å². The van der Waals surface area contributed by atoms with Crippen molar-refractivity contribution in [3.63, 3.8) is 0 Å². The van der Waals surface area contributed by atoms with Crippen LogP contribution in [0.25, 0.3) is 11.0 Å². The lowest BCUT2D eigenvalue weighted by molar-refractivity contribution is -0.147. The number of benzene rings is 2. The number of fused-ring (bicyclic) bond motifs is 2. The summed E-state index contributed by atoms with van der Waals surface area (Å²) in [6.45, 7) is 12.5. The van der Waals surface area contributed by atoms with Crippen molar-refractivity contribution in [2.24, 2.45) is 5.41 Å². The van der Waals surface area contributed by atoms with Crippen molar-refractivity contribution in [3.8, 4) is 5.75 Å². The second kappa shape index (κ2) is 11.0. The number of thiazole rings is 1. The highest BCUT2D eigenvalue weighted by molar-refractivity contribution is 8.22. The van der Waals surface area contributed by atoms with E-state index in [0.717, 1.165) is 27.0 Å². The fraction of sp³-hybridized carbons (Fsp3) is 0.448. The van der Waals surface area contributed by atoms with E-state index >= 15 is 0 Å². The van der Waals surface area contributed by atoms with E-state index in [9.17, 15) is 19.0 Å². The highest BCUT2D eigenvalue weighted by Gasteiger charge is 2.43. The Morgan fingerprint density at radius 3 is 2.61 bits per heavy atom. The first kappa shape index (κ1) is 29.5. The Balaban J connectivity index is 1.58. The third kappa shape index (κ3) is 5.12. The lowest BCUT2D eigenvalue weighted by atomic mass is 9.74. The van der Waals surface area contributed by atoms with Crippen molar-refractivity contribution in [1.29, 1.82) is 0 Å². The third-order valence-corrected chi connectivity index (χ3v) is 11.0. The molecular formula is C29H37N5O5S2. The summed E-state index contributed by atoms with van der Waals surface area (Å²) in [7, 11) is -3.35. The van der Waals surface area contributed by atoms with E-state index < -0.39 is 28.1 Å². The molecule has 0 bridgehead atoms. The molecule has 0 radical (unpaired) electrons. The Morgan fingerprint density at radius 2 is 1.93 bits per heavy atom. The van der Waals surface area contributed by atoms with Crippen LogP contribution >= 0.6 is 22.1 Å². The molecule has 2 aromatic carbocycles. The normalized spacial score (nSPS) is 18.9. The number of carboxylic acid groups (broad SMARTS) is 1. The average Bonchev–Trinajstić information content (AvgIpc) is 3.49. The molecule has 3 N–H and O–H groups in total. The lowest BCUT2D eigenvalue weighted by Gasteiger charge is -2.41. The maximum absolute atomic E-state index is 12.6. The van der Waals surface area contributed by atoms with Gasteiger partial charge in [0.2, 0.25) is 0 Å². The molecule has 5 rings (SSSR count). The van der Waals surface area contributed by atoms with E-state index in [0.29, 0.717) is 40.9 Å². The molecule has 1 aliphatic rings. The summed E-state index contributed by atoms with van der Waals surface area (Å²) in [5.41, 5.74) is 2.84. The van der Waals surface area contributed by atoms with Crippen LogP contribution in [0, 0.1) is 19.3 Å². The fourth-order valence-electron chi connectivity index (χ4n) is 5.40. The maximum atomic E-state index is 12.6. The predicted octanol–water partition coefficient (Wildman–Crippen LogP) is 6.46. The summed E-state index contributed by atoms with van der Waals surface area (Å²) < 4.78 is 32.5. The van der Waals surface area contributed by atoms with Gasteiger partial charge in [0.15, 0.2) is 0 Å². The summed E-state index contributed by atoms with van der Waals surface area (Å²) in [6, 6.07) is 10.9. The van der Waals surface area contributed by atoms with Gasteiger partial charge in [0.25, 0.3) is 0 Å². The second-order valence-electron chi connectivity index (χ2n) is 11.0. The number of carbonyl (C=O) groups is 1. The predicted molar refractivity (Wildman–Crippen MR) is 161 cm³/mol. The molecule has 2 atom stereocenters. The lowest BCUT2D eigenvalue weighted by Crippen LogP contribution is -2.34. The van der Waals surface area contributed by atoms with Crippen molar-refractivity contribution in [2.45, 2.75) is 78.0 Å². The first-order valence-electron chi connectivity index (χ1n) is 13.7. The Hall–Kier alpha value is -3.03. The van der Waals surface area contributed by atoms with E-state index in [1.54, 1.807) is 36.4 Å². The van der Waals surface area contributed by atoms with E-state index in [4.69, 9.17) is 9.72 Å². The van der Waals surface area contributed by atoms with Crippen LogP contribution in [0.15, 0.2) is 41.3 Å². The number of rotatable bonds is 8. The monoisotopic (exact) mass is 599 g/mol. The topological polar surface area (TPSA) is 134 Å². The number of para-hydroxylation sites is 1. The molecule has 4 aromatic rings. The van der Waals surface area contributed by atoms with Gasteiger partial charge in [-0.2, -0.15) is 4.31 Å². The van der Waals surface area contributed by atoms with Crippen LogP contribution in [0.1, 0.15) is 66.7 Å². The van der Waals surface area contributed by atoms with Gasteiger partial charge in [-0.05, 0) is 70.4 Å². The van der Waals surface area contributed by atoms with E-state index in [1.165, 1.54) is 11.3 Å². The van der Waals surface area contributed by atoms with Gasteiger partial charge in [0.05, 0.1) is 35.6 Å². The Labute approximate surface area is 245 Å². The van der Waals surface area contributed by atoms with Crippen LogP contribution in [-0.2, 0) is 17.9 Å². The van der Waals surface area contributed by atoms with Crippen molar-refractivity contribution < 1.29 is 23.7 Å². The molecule has 10 nitrogen and oxygen atoms in total. The van der Waals surface area contributed by atoms with Crippen LogP contribution in [0.4, 0.5) is 0 Å². The van der Waals surface area contributed by atoms with Gasteiger partial charge in [0.1, 0.15) is 27.3 Å². The molecule has 0 fully saturated rings. The highest BCUT2D eigenvalue weighted by Crippen LogP contribution is 2.57. The summed E-state index contributed by atoms with van der Waals surface area (Å²) in [5, 5.41) is 19.6. The summed E-state index contributed by atoms with van der Waals surface area (Å²) in [5.74, 6) is -1.02. The molecule has 1 aliphatic heterocycles. The Bertz CT molecular complexity index is 1600.